The van der Waals surface area contributed by atoms with Gasteiger partial charge in [0.05, 0.1) is 12.8 Å². The Morgan fingerprint density at radius 1 is 1.20 bits per heavy atom. The zero-order valence-electron chi connectivity index (χ0n) is 5.72. The molecule has 0 saturated carbocycles. The van der Waals surface area contributed by atoms with E-state index in [1.54, 1.807) is 0 Å². The smallest absolute Gasteiger partial charge is 0.224 e. The zero-order chi connectivity index (χ0) is 8.15. The molecule has 4 heteroatoms. The second-order valence-electron chi connectivity index (χ2n) is 2.06. The number of nitrogens with two attached hydrogens (primary N) is 1. The van der Waals surface area contributed by atoms with E-state index >= 15 is 0 Å². The van der Waals surface area contributed by atoms with Gasteiger partial charge in [-0.3, -0.25) is 14.4 Å². The minimum Gasteiger partial charge on any atom is -0.369 e. The Balaban J connectivity index is 3.65. The standard InChI is InChI=1S/C6H9NO3/c1-4(8)2-5(9)3-6(7)10/h2-3H2,1H3,(H2,7,10). The second-order valence-corrected chi connectivity index (χ2v) is 2.06. The molecule has 0 aliphatic rings. The van der Waals surface area contributed by atoms with Crippen LogP contribution in [0.1, 0.15) is 19.8 Å². The van der Waals surface area contributed by atoms with Crippen molar-refractivity contribution < 1.29 is 14.4 Å². The summed E-state index contributed by atoms with van der Waals surface area (Å²) in [6, 6.07) is 0. The molecule has 0 fully saturated rings. The van der Waals surface area contributed by atoms with Crippen molar-refractivity contribution in [1.29, 1.82) is 0 Å². The van der Waals surface area contributed by atoms with Crippen molar-refractivity contribution in [2.75, 3.05) is 0 Å². The number of Topliss-reactive ketones (excluding diaryl/α,β-unsaturated/α-hetero) is 2. The van der Waals surface area contributed by atoms with Gasteiger partial charge in [0.2, 0.25) is 5.91 Å². The zero-order valence-corrected chi connectivity index (χ0v) is 5.72. The predicted octanol–water partition coefficient (Wildman–Crippen LogP) is -0.590. The first-order valence-electron chi connectivity index (χ1n) is 2.82. The highest BCUT2D eigenvalue weighted by Crippen LogP contribution is 1.89. The fourth-order valence-corrected chi connectivity index (χ4v) is 0.534. The van der Waals surface area contributed by atoms with Crippen LogP contribution in [0, 0.1) is 0 Å². The van der Waals surface area contributed by atoms with Crippen molar-refractivity contribution in [2.45, 2.75) is 19.8 Å². The van der Waals surface area contributed by atoms with Crippen LogP contribution in [0.15, 0.2) is 0 Å². The molecule has 0 unspecified atom stereocenters. The third-order valence-electron chi connectivity index (χ3n) is 0.818. The first-order valence-corrected chi connectivity index (χ1v) is 2.82. The molecule has 0 rings (SSSR count). The number of carbonyl (C=O) groups excluding carboxylic acids is 3. The van der Waals surface area contributed by atoms with Crippen LogP contribution >= 0.6 is 0 Å². The van der Waals surface area contributed by atoms with Gasteiger partial charge in [0.15, 0.2) is 0 Å². The second kappa shape index (κ2) is 3.76. The van der Waals surface area contributed by atoms with Crippen LogP contribution in [0.25, 0.3) is 0 Å². The van der Waals surface area contributed by atoms with Crippen molar-refractivity contribution in [3.05, 3.63) is 0 Å². The monoisotopic (exact) mass is 143 g/mol. The molecule has 0 heterocycles. The van der Waals surface area contributed by atoms with Gasteiger partial charge in [0.1, 0.15) is 11.6 Å². The van der Waals surface area contributed by atoms with Crippen molar-refractivity contribution >= 4 is 17.5 Å². The van der Waals surface area contributed by atoms with Crippen LogP contribution in [0.3, 0.4) is 0 Å². The molecule has 0 bridgehead atoms. The Morgan fingerprint density at radius 2 is 1.70 bits per heavy atom. The molecule has 0 spiro atoms. The summed E-state index contributed by atoms with van der Waals surface area (Å²) < 4.78 is 0. The molecule has 2 N–H and O–H groups in total. The maximum atomic E-state index is 10.5. The third-order valence-corrected chi connectivity index (χ3v) is 0.818. The summed E-state index contributed by atoms with van der Waals surface area (Å²) >= 11 is 0. The van der Waals surface area contributed by atoms with Crippen LogP contribution in [0.2, 0.25) is 0 Å². The molecular weight excluding hydrogens is 134 g/mol. The van der Waals surface area contributed by atoms with Gasteiger partial charge in [-0.05, 0) is 6.92 Å². The van der Waals surface area contributed by atoms with Crippen molar-refractivity contribution in [1.82, 2.24) is 0 Å². The van der Waals surface area contributed by atoms with Gasteiger partial charge in [0.25, 0.3) is 0 Å². The van der Waals surface area contributed by atoms with Crippen LogP contribution in [-0.2, 0) is 14.4 Å². The summed E-state index contributed by atoms with van der Waals surface area (Å²) in [6.07, 6.45) is -0.525. The lowest BCUT2D eigenvalue weighted by atomic mass is 10.1. The molecule has 0 radical (unpaired) electrons. The van der Waals surface area contributed by atoms with Gasteiger partial charge in [-0.2, -0.15) is 0 Å². The van der Waals surface area contributed by atoms with Gasteiger partial charge in [-0.1, -0.05) is 0 Å². The minimum atomic E-state index is -0.689. The molecule has 1 amide bonds. The highest BCUT2D eigenvalue weighted by molar-refractivity contribution is 6.05. The van der Waals surface area contributed by atoms with Gasteiger partial charge in [-0.25, -0.2) is 0 Å². The Kier molecular flexibility index (Phi) is 3.32. The Hall–Kier alpha value is -1.19. The fourth-order valence-electron chi connectivity index (χ4n) is 0.534. The first kappa shape index (κ1) is 8.81. The molecule has 56 valence electrons. The van der Waals surface area contributed by atoms with E-state index in [0.29, 0.717) is 0 Å². The summed E-state index contributed by atoms with van der Waals surface area (Å²) in [5.74, 6) is -1.35. The van der Waals surface area contributed by atoms with Gasteiger partial charge >= 0.3 is 0 Å². The highest BCUT2D eigenvalue weighted by Gasteiger charge is 2.07. The molecular formula is C6H9NO3. The largest absolute Gasteiger partial charge is 0.369 e. The van der Waals surface area contributed by atoms with E-state index < -0.39 is 11.7 Å². The van der Waals surface area contributed by atoms with Gasteiger partial charge in [0, 0.05) is 0 Å². The number of carbonyl (C=O) groups is 3. The summed E-state index contributed by atoms with van der Waals surface area (Å²) in [5.41, 5.74) is 4.70. The van der Waals surface area contributed by atoms with Crippen LogP contribution in [-0.4, -0.2) is 17.5 Å². The van der Waals surface area contributed by atoms with Crippen molar-refractivity contribution in [3.8, 4) is 0 Å². The molecule has 10 heavy (non-hydrogen) atoms. The maximum Gasteiger partial charge on any atom is 0.224 e. The minimum absolute atomic E-state index is 0.192. The molecule has 0 aromatic rings. The van der Waals surface area contributed by atoms with E-state index in [2.05, 4.69) is 0 Å². The van der Waals surface area contributed by atoms with Crippen molar-refractivity contribution in [3.63, 3.8) is 0 Å². The number of amides is 1. The van der Waals surface area contributed by atoms with E-state index in [1.165, 1.54) is 6.92 Å². The average molecular weight is 143 g/mol. The molecule has 0 aromatic heterocycles. The number of ketones is 2. The van der Waals surface area contributed by atoms with E-state index in [1.807, 2.05) is 0 Å². The SMILES string of the molecule is CC(=O)CC(=O)CC(N)=O. The Bertz CT molecular complexity index is 156. The van der Waals surface area contributed by atoms with Crippen LogP contribution in [0.4, 0.5) is 0 Å². The maximum absolute atomic E-state index is 10.5. The van der Waals surface area contributed by atoms with Crippen molar-refractivity contribution in [2.24, 2.45) is 5.73 Å². The number of hydrogen-bond donors (Lipinski definition) is 1. The van der Waals surface area contributed by atoms with Gasteiger partial charge < -0.3 is 5.73 Å². The van der Waals surface area contributed by atoms with Gasteiger partial charge in [-0.15, -0.1) is 0 Å². The molecule has 0 atom stereocenters. The highest BCUT2D eigenvalue weighted by atomic mass is 16.2. The lowest BCUT2D eigenvalue weighted by Crippen LogP contribution is -2.17. The van der Waals surface area contributed by atoms with Crippen LogP contribution < -0.4 is 5.73 Å². The van der Waals surface area contributed by atoms with E-state index in [0.717, 1.165) is 0 Å². The molecule has 0 aliphatic carbocycles. The fraction of sp³-hybridized carbons (Fsp3) is 0.500. The molecule has 0 aliphatic heterocycles. The lowest BCUT2D eigenvalue weighted by molar-refractivity contribution is -0.129. The normalized spacial score (nSPS) is 8.90. The summed E-state index contributed by atoms with van der Waals surface area (Å²) in [6.45, 7) is 1.29. The average Bonchev–Trinajstić information content (AvgIpc) is 1.58. The van der Waals surface area contributed by atoms with E-state index in [4.69, 9.17) is 5.73 Å². The van der Waals surface area contributed by atoms with E-state index in [-0.39, 0.29) is 18.6 Å². The molecule has 0 saturated heterocycles. The molecule has 4 nitrogen and oxygen atoms in total. The lowest BCUT2D eigenvalue weighted by Gasteiger charge is -1.91. The number of rotatable bonds is 4. The summed E-state index contributed by atoms with van der Waals surface area (Å²) in [4.78, 5) is 30.9. The first-order chi connectivity index (χ1) is 4.52. The quantitative estimate of drug-likeness (QED) is 0.534. The Labute approximate surface area is 58.4 Å². The number of hydrogen-bond acceptors (Lipinski definition) is 3. The summed E-state index contributed by atoms with van der Waals surface area (Å²) in [7, 11) is 0. The Morgan fingerprint density at radius 3 is 2.00 bits per heavy atom. The number of primary amides is 1. The van der Waals surface area contributed by atoms with Crippen LogP contribution in [0.5, 0.6) is 0 Å². The third kappa shape index (κ3) is 4.96. The topological polar surface area (TPSA) is 77.2 Å². The molecule has 0 aromatic carbocycles. The summed E-state index contributed by atoms with van der Waals surface area (Å²) in [5, 5.41) is 0. The van der Waals surface area contributed by atoms with E-state index in [9.17, 15) is 14.4 Å². The predicted molar refractivity (Wildman–Crippen MR) is 34.1 cm³/mol.